The SMILES string of the molecule is NOC(=O)CCC=O. The molecule has 0 rings (SSSR count). The van der Waals surface area contributed by atoms with Gasteiger partial charge in [-0.25, -0.2) is 0 Å². The zero-order valence-electron chi connectivity index (χ0n) is 4.29. The minimum atomic E-state index is -0.558. The van der Waals surface area contributed by atoms with Crippen molar-refractivity contribution in [1.82, 2.24) is 0 Å². The summed E-state index contributed by atoms with van der Waals surface area (Å²) in [5.41, 5.74) is 0. The summed E-state index contributed by atoms with van der Waals surface area (Å²) >= 11 is 0. The summed E-state index contributed by atoms with van der Waals surface area (Å²) in [6.07, 6.45) is 0.882. The van der Waals surface area contributed by atoms with Crippen LogP contribution in [0.4, 0.5) is 0 Å². The van der Waals surface area contributed by atoms with Crippen LogP contribution in [0.15, 0.2) is 0 Å². The summed E-state index contributed by atoms with van der Waals surface area (Å²) in [5.74, 6) is 3.89. The van der Waals surface area contributed by atoms with E-state index in [4.69, 9.17) is 0 Å². The van der Waals surface area contributed by atoms with Gasteiger partial charge in [-0.3, -0.25) is 4.79 Å². The second kappa shape index (κ2) is 4.26. The zero-order chi connectivity index (χ0) is 6.41. The van der Waals surface area contributed by atoms with Crippen molar-refractivity contribution in [2.24, 2.45) is 5.90 Å². The highest BCUT2D eigenvalue weighted by Gasteiger charge is 1.96. The first-order valence-corrected chi connectivity index (χ1v) is 2.14. The second-order valence-electron chi connectivity index (χ2n) is 1.20. The lowest BCUT2D eigenvalue weighted by molar-refractivity contribution is -0.144. The average molecular weight is 117 g/mol. The van der Waals surface area contributed by atoms with E-state index in [1.54, 1.807) is 0 Å². The molecule has 0 aliphatic rings. The first kappa shape index (κ1) is 7.10. The Morgan fingerprint density at radius 1 is 1.75 bits per heavy atom. The van der Waals surface area contributed by atoms with Crippen LogP contribution >= 0.6 is 0 Å². The number of hydrogen-bond acceptors (Lipinski definition) is 4. The maximum absolute atomic E-state index is 10.1. The Balaban J connectivity index is 3.11. The molecule has 0 atom stereocenters. The number of rotatable bonds is 3. The van der Waals surface area contributed by atoms with Gasteiger partial charge in [0, 0.05) is 6.42 Å². The normalized spacial score (nSPS) is 8.12. The van der Waals surface area contributed by atoms with E-state index < -0.39 is 5.97 Å². The van der Waals surface area contributed by atoms with E-state index >= 15 is 0 Å². The third kappa shape index (κ3) is 3.30. The first-order chi connectivity index (χ1) is 3.81. The number of nitrogens with two attached hydrogens (primary N) is 1. The molecule has 0 saturated heterocycles. The number of carbonyl (C=O) groups is 2. The van der Waals surface area contributed by atoms with Crippen LogP contribution in [0.5, 0.6) is 0 Å². The molecule has 4 heteroatoms. The van der Waals surface area contributed by atoms with Crippen molar-refractivity contribution in [2.45, 2.75) is 12.8 Å². The molecule has 46 valence electrons. The highest BCUT2D eigenvalue weighted by Crippen LogP contribution is 1.84. The molecule has 0 heterocycles. The third-order valence-electron chi connectivity index (χ3n) is 0.598. The van der Waals surface area contributed by atoms with Gasteiger partial charge >= 0.3 is 5.97 Å². The minimum Gasteiger partial charge on any atom is -0.373 e. The smallest absolute Gasteiger partial charge is 0.324 e. The fraction of sp³-hybridized carbons (Fsp3) is 0.500. The molecule has 0 fully saturated rings. The topological polar surface area (TPSA) is 69.4 Å². The quantitative estimate of drug-likeness (QED) is 0.395. The Bertz CT molecular complexity index is 91.3. The van der Waals surface area contributed by atoms with E-state index in [0.29, 0.717) is 6.29 Å². The summed E-state index contributed by atoms with van der Waals surface area (Å²) < 4.78 is 0. The molecular weight excluding hydrogens is 110 g/mol. The van der Waals surface area contributed by atoms with E-state index in [2.05, 4.69) is 10.7 Å². The second-order valence-corrected chi connectivity index (χ2v) is 1.20. The average Bonchev–Trinajstić information content (AvgIpc) is 1.83. The summed E-state index contributed by atoms with van der Waals surface area (Å²) in [4.78, 5) is 23.4. The van der Waals surface area contributed by atoms with Gasteiger partial charge in [0.05, 0.1) is 6.42 Å². The molecule has 2 N–H and O–H groups in total. The lowest BCUT2D eigenvalue weighted by Gasteiger charge is -1.89. The Morgan fingerprint density at radius 3 is 2.75 bits per heavy atom. The highest BCUT2D eigenvalue weighted by atomic mass is 16.7. The van der Waals surface area contributed by atoms with Crippen molar-refractivity contribution in [2.75, 3.05) is 0 Å². The fourth-order valence-corrected chi connectivity index (χ4v) is 0.236. The minimum absolute atomic E-state index is 0.0694. The number of carbonyl (C=O) groups excluding carboxylic acids is 2. The molecule has 8 heavy (non-hydrogen) atoms. The molecule has 0 bridgehead atoms. The predicted molar refractivity (Wildman–Crippen MR) is 25.6 cm³/mol. The van der Waals surface area contributed by atoms with Gasteiger partial charge in [0.2, 0.25) is 0 Å². The van der Waals surface area contributed by atoms with Gasteiger partial charge in [-0.1, -0.05) is 0 Å². The third-order valence-corrected chi connectivity index (χ3v) is 0.598. The number of aldehydes is 1. The van der Waals surface area contributed by atoms with E-state index in [0.717, 1.165) is 0 Å². The van der Waals surface area contributed by atoms with Crippen LogP contribution < -0.4 is 5.90 Å². The Morgan fingerprint density at radius 2 is 2.38 bits per heavy atom. The van der Waals surface area contributed by atoms with Gasteiger partial charge in [0.25, 0.3) is 0 Å². The van der Waals surface area contributed by atoms with Gasteiger partial charge in [-0.05, 0) is 0 Å². The van der Waals surface area contributed by atoms with Crippen LogP contribution in [0.1, 0.15) is 12.8 Å². The van der Waals surface area contributed by atoms with Gasteiger partial charge in [-0.2, -0.15) is 5.90 Å². The molecule has 0 aliphatic carbocycles. The number of hydrogen-bond donors (Lipinski definition) is 1. The van der Waals surface area contributed by atoms with Crippen LogP contribution in [0.25, 0.3) is 0 Å². The van der Waals surface area contributed by atoms with Crippen LogP contribution in [0.3, 0.4) is 0 Å². The molecule has 0 unspecified atom stereocenters. The van der Waals surface area contributed by atoms with Gasteiger partial charge in [-0.15, -0.1) is 0 Å². The van der Waals surface area contributed by atoms with Gasteiger partial charge < -0.3 is 9.63 Å². The Kier molecular flexibility index (Phi) is 3.78. The standard InChI is InChI=1S/C4H7NO3/c5-8-4(7)2-1-3-6/h3H,1-2,5H2. The molecule has 0 spiro atoms. The van der Waals surface area contributed by atoms with Crippen molar-refractivity contribution in [3.05, 3.63) is 0 Å². The summed E-state index contributed by atoms with van der Waals surface area (Å²) in [6.45, 7) is 0. The van der Waals surface area contributed by atoms with Crippen molar-refractivity contribution in [1.29, 1.82) is 0 Å². The Labute approximate surface area is 46.6 Å². The fourth-order valence-electron chi connectivity index (χ4n) is 0.236. The lowest BCUT2D eigenvalue weighted by atomic mass is 10.3. The largest absolute Gasteiger partial charge is 0.373 e. The molecular formula is C4H7NO3. The maximum Gasteiger partial charge on any atom is 0.324 e. The zero-order valence-corrected chi connectivity index (χ0v) is 4.29. The molecule has 0 aromatic carbocycles. The summed E-state index contributed by atoms with van der Waals surface area (Å²) in [6, 6.07) is 0. The molecule has 0 aromatic rings. The monoisotopic (exact) mass is 117 g/mol. The van der Waals surface area contributed by atoms with Gasteiger partial charge in [0.15, 0.2) is 0 Å². The van der Waals surface area contributed by atoms with E-state index in [1.807, 2.05) is 0 Å². The summed E-state index contributed by atoms with van der Waals surface area (Å²) in [5, 5.41) is 0. The Hall–Kier alpha value is -0.900. The van der Waals surface area contributed by atoms with Crippen molar-refractivity contribution in [3.8, 4) is 0 Å². The molecule has 0 radical (unpaired) electrons. The van der Waals surface area contributed by atoms with E-state index in [1.165, 1.54) is 0 Å². The first-order valence-electron chi connectivity index (χ1n) is 2.14. The van der Waals surface area contributed by atoms with E-state index in [9.17, 15) is 9.59 Å². The van der Waals surface area contributed by atoms with Crippen LogP contribution in [0, 0.1) is 0 Å². The van der Waals surface area contributed by atoms with Crippen molar-refractivity contribution < 1.29 is 14.4 Å². The van der Waals surface area contributed by atoms with Crippen LogP contribution in [0.2, 0.25) is 0 Å². The van der Waals surface area contributed by atoms with Crippen LogP contribution in [-0.2, 0) is 14.4 Å². The van der Waals surface area contributed by atoms with Crippen molar-refractivity contribution in [3.63, 3.8) is 0 Å². The molecule has 4 nitrogen and oxygen atoms in total. The summed E-state index contributed by atoms with van der Waals surface area (Å²) in [7, 11) is 0. The lowest BCUT2D eigenvalue weighted by Crippen LogP contribution is -2.09. The highest BCUT2D eigenvalue weighted by molar-refractivity contribution is 5.71. The van der Waals surface area contributed by atoms with Crippen molar-refractivity contribution >= 4 is 12.3 Å². The molecule has 0 aliphatic heterocycles. The maximum atomic E-state index is 10.1. The molecule has 0 amide bonds. The predicted octanol–water partition coefficient (Wildman–Crippen LogP) is -0.618. The van der Waals surface area contributed by atoms with Crippen LogP contribution in [-0.4, -0.2) is 12.3 Å². The molecule has 0 saturated carbocycles. The van der Waals surface area contributed by atoms with Gasteiger partial charge in [0.1, 0.15) is 6.29 Å². The molecule has 0 aromatic heterocycles. The van der Waals surface area contributed by atoms with E-state index in [-0.39, 0.29) is 12.8 Å².